The highest BCUT2D eigenvalue weighted by Crippen LogP contribution is 2.37. The lowest BCUT2D eigenvalue weighted by Crippen LogP contribution is -1.94. The lowest BCUT2D eigenvalue weighted by molar-refractivity contribution is 0.354. The number of thiazole rings is 1. The van der Waals surface area contributed by atoms with Crippen molar-refractivity contribution in [2.24, 2.45) is 0 Å². The molecule has 1 aromatic carbocycles. The van der Waals surface area contributed by atoms with Gasteiger partial charge >= 0.3 is 0 Å². The number of allylic oxidation sites excluding steroid dienone is 1. The van der Waals surface area contributed by atoms with E-state index in [2.05, 4.69) is 27.0 Å². The second kappa shape index (κ2) is 7.83. The number of nitriles is 1. The van der Waals surface area contributed by atoms with Crippen LogP contribution in [0.25, 0.3) is 22.2 Å². The van der Waals surface area contributed by atoms with Gasteiger partial charge in [-0.3, -0.25) is 0 Å². The Morgan fingerprint density at radius 3 is 2.76 bits per heavy atom. The average Bonchev–Trinajstić information content (AvgIpc) is 3.30. The van der Waals surface area contributed by atoms with Gasteiger partial charge in [0.1, 0.15) is 11.1 Å². The van der Waals surface area contributed by atoms with Gasteiger partial charge in [0, 0.05) is 15.4 Å². The van der Waals surface area contributed by atoms with Crippen molar-refractivity contribution in [1.82, 2.24) is 4.98 Å². The first-order valence-corrected chi connectivity index (χ1v) is 9.74. The Morgan fingerprint density at radius 1 is 1.28 bits per heavy atom. The van der Waals surface area contributed by atoms with Gasteiger partial charge in [-0.05, 0) is 29.7 Å². The van der Waals surface area contributed by atoms with E-state index in [0.717, 1.165) is 20.6 Å². The topological polar surface area (TPSA) is 55.1 Å². The molecule has 0 spiro atoms. The lowest BCUT2D eigenvalue weighted by atomic mass is 10.1. The monoisotopic (exact) mass is 432 g/mol. The fourth-order valence-corrected chi connectivity index (χ4v) is 4.30. The molecule has 0 N–H and O–H groups in total. The van der Waals surface area contributed by atoms with Crippen LogP contribution in [0.15, 0.2) is 39.5 Å². The summed E-state index contributed by atoms with van der Waals surface area (Å²) in [5.41, 5.74) is 2.11. The van der Waals surface area contributed by atoms with Crippen LogP contribution in [-0.4, -0.2) is 19.2 Å². The predicted octanol–water partition coefficient (Wildman–Crippen LogP) is 5.72. The summed E-state index contributed by atoms with van der Waals surface area (Å²) in [5.74, 6) is 1.17. The molecule has 0 saturated heterocycles. The lowest BCUT2D eigenvalue weighted by Gasteiger charge is -2.11. The van der Waals surface area contributed by atoms with E-state index < -0.39 is 0 Å². The molecule has 2 aromatic heterocycles. The number of ether oxygens (including phenoxy) is 2. The third-order valence-corrected chi connectivity index (χ3v) is 5.63. The number of benzene rings is 1. The van der Waals surface area contributed by atoms with Crippen LogP contribution >= 0.6 is 38.6 Å². The highest BCUT2D eigenvalue weighted by atomic mass is 79.9. The fraction of sp³-hybridized carbons (Fsp3) is 0.111. The summed E-state index contributed by atoms with van der Waals surface area (Å²) in [6.07, 6.45) is 1.77. The quantitative estimate of drug-likeness (QED) is 0.484. The van der Waals surface area contributed by atoms with Crippen LogP contribution in [-0.2, 0) is 0 Å². The number of rotatable bonds is 5. The fourth-order valence-electron chi connectivity index (χ4n) is 2.30. The van der Waals surface area contributed by atoms with E-state index in [-0.39, 0.29) is 0 Å². The van der Waals surface area contributed by atoms with Gasteiger partial charge in [0.2, 0.25) is 0 Å². The van der Waals surface area contributed by atoms with Crippen molar-refractivity contribution in [3.05, 3.63) is 50.1 Å². The number of aromatic nitrogens is 1. The highest BCUT2D eigenvalue weighted by molar-refractivity contribution is 9.10. The Labute approximate surface area is 162 Å². The van der Waals surface area contributed by atoms with Crippen molar-refractivity contribution < 1.29 is 9.47 Å². The molecular weight excluding hydrogens is 420 g/mol. The maximum absolute atomic E-state index is 9.61. The Kier molecular flexibility index (Phi) is 5.53. The summed E-state index contributed by atoms with van der Waals surface area (Å²) in [6.45, 7) is 0. The molecule has 126 valence electrons. The van der Waals surface area contributed by atoms with Crippen LogP contribution in [0.2, 0.25) is 0 Å². The van der Waals surface area contributed by atoms with E-state index in [9.17, 15) is 5.26 Å². The molecule has 0 aliphatic carbocycles. The van der Waals surface area contributed by atoms with Crippen molar-refractivity contribution in [3.8, 4) is 28.1 Å². The predicted molar refractivity (Wildman–Crippen MR) is 106 cm³/mol. The Bertz CT molecular complexity index is 956. The molecule has 3 rings (SSSR count). The van der Waals surface area contributed by atoms with Gasteiger partial charge in [-0.1, -0.05) is 22.0 Å². The molecule has 7 heteroatoms. The van der Waals surface area contributed by atoms with Crippen molar-refractivity contribution in [2.75, 3.05) is 14.2 Å². The summed E-state index contributed by atoms with van der Waals surface area (Å²) in [5, 5.41) is 14.3. The van der Waals surface area contributed by atoms with E-state index in [1.54, 1.807) is 31.6 Å². The maximum atomic E-state index is 9.61. The van der Waals surface area contributed by atoms with E-state index in [1.807, 2.05) is 35.0 Å². The van der Waals surface area contributed by atoms with Crippen molar-refractivity contribution in [2.45, 2.75) is 0 Å². The second-order valence-corrected chi connectivity index (χ2v) is 7.64. The number of hydrogen-bond donors (Lipinski definition) is 0. The van der Waals surface area contributed by atoms with Crippen LogP contribution in [0.5, 0.6) is 11.5 Å². The molecule has 3 aromatic rings. The van der Waals surface area contributed by atoms with Crippen molar-refractivity contribution in [3.63, 3.8) is 0 Å². The van der Waals surface area contributed by atoms with E-state index >= 15 is 0 Å². The van der Waals surface area contributed by atoms with Crippen LogP contribution < -0.4 is 9.47 Å². The zero-order chi connectivity index (χ0) is 17.8. The Balaban J connectivity index is 2.05. The number of nitrogens with zero attached hydrogens (tertiary/aromatic N) is 2. The number of hydrogen-bond acceptors (Lipinski definition) is 6. The van der Waals surface area contributed by atoms with Gasteiger partial charge in [-0.2, -0.15) is 5.26 Å². The van der Waals surface area contributed by atoms with Crippen LogP contribution in [0.4, 0.5) is 0 Å². The smallest absolute Gasteiger partial charge is 0.168 e. The molecule has 0 aliphatic heterocycles. The summed E-state index contributed by atoms with van der Waals surface area (Å²) >= 11 is 6.53. The van der Waals surface area contributed by atoms with Gasteiger partial charge in [0.05, 0.1) is 30.4 Å². The minimum atomic E-state index is 0.478. The molecule has 0 bridgehead atoms. The van der Waals surface area contributed by atoms with Gasteiger partial charge < -0.3 is 9.47 Å². The Hall–Kier alpha value is -2.14. The third kappa shape index (κ3) is 3.76. The maximum Gasteiger partial charge on any atom is 0.168 e. The second-order valence-electron chi connectivity index (χ2n) is 4.92. The Morgan fingerprint density at radius 2 is 2.12 bits per heavy atom. The summed E-state index contributed by atoms with van der Waals surface area (Å²) in [6, 6.07) is 9.94. The molecule has 0 radical (unpaired) electrons. The molecule has 0 unspecified atom stereocenters. The minimum absolute atomic E-state index is 0.478. The van der Waals surface area contributed by atoms with Gasteiger partial charge in [0.15, 0.2) is 11.5 Å². The number of thiophene rings is 1. The first-order valence-electron chi connectivity index (χ1n) is 7.19. The average molecular weight is 433 g/mol. The van der Waals surface area contributed by atoms with Crippen LogP contribution in [0.1, 0.15) is 10.6 Å². The molecule has 0 atom stereocenters. The molecular formula is C18H13BrN2O2S2. The van der Waals surface area contributed by atoms with Crippen molar-refractivity contribution >= 4 is 50.3 Å². The summed E-state index contributed by atoms with van der Waals surface area (Å²) < 4.78 is 11.6. The van der Waals surface area contributed by atoms with Gasteiger partial charge in [-0.25, -0.2) is 4.98 Å². The summed E-state index contributed by atoms with van der Waals surface area (Å²) in [4.78, 5) is 5.68. The van der Waals surface area contributed by atoms with Gasteiger partial charge in [-0.15, -0.1) is 22.7 Å². The SMILES string of the molecule is COc1cc(Br)cc(/C=C(/C#N)c2nc(-c3cccs3)cs2)c1OC. The molecule has 0 saturated carbocycles. The first-order chi connectivity index (χ1) is 12.2. The third-order valence-electron chi connectivity index (χ3n) is 3.40. The summed E-state index contributed by atoms with van der Waals surface area (Å²) in [7, 11) is 3.16. The number of halogens is 1. The normalized spacial score (nSPS) is 11.2. The van der Waals surface area contributed by atoms with Crippen molar-refractivity contribution in [1.29, 1.82) is 5.26 Å². The van der Waals surface area contributed by atoms with Crippen LogP contribution in [0.3, 0.4) is 0 Å². The minimum Gasteiger partial charge on any atom is -0.493 e. The molecule has 0 amide bonds. The molecule has 25 heavy (non-hydrogen) atoms. The van der Waals surface area contributed by atoms with E-state index in [4.69, 9.17) is 9.47 Å². The zero-order valence-corrected chi connectivity index (χ0v) is 16.7. The standard InChI is InChI=1S/C18H13BrN2O2S2/c1-22-15-8-13(19)7-11(17(15)23-2)6-12(9-20)18-21-14(10-25-18)16-4-3-5-24-16/h3-8,10H,1-2H3/b12-6-. The highest BCUT2D eigenvalue weighted by Gasteiger charge is 2.14. The van der Waals surface area contributed by atoms with E-state index in [0.29, 0.717) is 22.1 Å². The molecule has 4 nitrogen and oxygen atoms in total. The molecule has 2 heterocycles. The van der Waals surface area contributed by atoms with E-state index in [1.165, 1.54) is 11.3 Å². The zero-order valence-electron chi connectivity index (χ0n) is 13.4. The molecule has 0 fully saturated rings. The first kappa shape index (κ1) is 17.7. The largest absolute Gasteiger partial charge is 0.493 e. The van der Waals surface area contributed by atoms with Gasteiger partial charge in [0.25, 0.3) is 0 Å². The molecule has 0 aliphatic rings. The van der Waals surface area contributed by atoms with Crippen LogP contribution in [0, 0.1) is 11.3 Å². The number of methoxy groups -OCH3 is 2.